The number of hydrogen-bond donors (Lipinski definition) is 0. The van der Waals surface area contributed by atoms with Gasteiger partial charge in [-0.2, -0.15) is 9.57 Å². The first-order valence-corrected chi connectivity index (χ1v) is 7.78. The van der Waals surface area contributed by atoms with E-state index in [1.807, 2.05) is 4.90 Å². The van der Waals surface area contributed by atoms with Crippen molar-refractivity contribution >= 4 is 16.0 Å². The van der Waals surface area contributed by atoms with Gasteiger partial charge in [0.25, 0.3) is 0 Å². The maximum absolute atomic E-state index is 12.0. The zero-order valence-corrected chi connectivity index (χ0v) is 12.0. The van der Waals surface area contributed by atoms with Crippen LogP contribution in [0.1, 0.15) is 13.8 Å². The Morgan fingerprint density at radius 2 is 1.95 bits per heavy atom. The number of piperazine rings is 1. The first-order valence-electron chi connectivity index (χ1n) is 6.17. The van der Waals surface area contributed by atoms with Crippen molar-refractivity contribution in [3.63, 3.8) is 0 Å². The van der Waals surface area contributed by atoms with E-state index in [-0.39, 0.29) is 12.6 Å². The lowest BCUT2D eigenvalue weighted by Crippen LogP contribution is -2.52. The second kappa shape index (κ2) is 6.84. The summed E-state index contributed by atoms with van der Waals surface area (Å²) in [6, 6.07) is 1.89. The molecule has 1 atom stereocenters. The van der Waals surface area contributed by atoms with E-state index < -0.39 is 21.7 Å². The molecule has 1 rings (SSSR count). The van der Waals surface area contributed by atoms with E-state index >= 15 is 0 Å². The largest absolute Gasteiger partial charge is 0.465 e. The minimum Gasteiger partial charge on any atom is -0.465 e. The molecule has 1 aliphatic rings. The van der Waals surface area contributed by atoms with Crippen LogP contribution < -0.4 is 0 Å². The molecule has 1 saturated heterocycles. The Bertz CT molecular complexity index is 449. The number of nitrogens with zero attached hydrogens (tertiary/aromatic N) is 3. The Hall–Kier alpha value is -1.17. The van der Waals surface area contributed by atoms with Crippen LogP contribution in [0.15, 0.2) is 0 Å². The van der Waals surface area contributed by atoms with E-state index in [1.165, 1.54) is 4.31 Å². The fraction of sp³-hybridized carbons (Fsp3) is 0.818. The van der Waals surface area contributed by atoms with Gasteiger partial charge in [0.2, 0.25) is 10.0 Å². The first-order chi connectivity index (χ1) is 8.90. The summed E-state index contributed by atoms with van der Waals surface area (Å²) in [4.78, 5) is 13.2. The molecule has 0 aromatic carbocycles. The van der Waals surface area contributed by atoms with Gasteiger partial charge in [0.05, 0.1) is 18.7 Å². The minimum atomic E-state index is -3.61. The van der Waals surface area contributed by atoms with Gasteiger partial charge >= 0.3 is 5.97 Å². The summed E-state index contributed by atoms with van der Waals surface area (Å²) in [6.07, 6.45) is 0. The van der Waals surface area contributed by atoms with Gasteiger partial charge in [0.1, 0.15) is 0 Å². The maximum atomic E-state index is 12.0. The van der Waals surface area contributed by atoms with Crippen molar-refractivity contribution in [1.29, 1.82) is 5.26 Å². The highest BCUT2D eigenvalue weighted by Gasteiger charge is 2.30. The molecular weight excluding hydrogens is 270 g/mol. The number of sulfonamides is 1. The summed E-state index contributed by atoms with van der Waals surface area (Å²) in [5.74, 6) is -1.34. The van der Waals surface area contributed by atoms with Gasteiger partial charge in [-0.25, -0.2) is 8.42 Å². The zero-order valence-electron chi connectivity index (χ0n) is 11.2. The Kier molecular flexibility index (Phi) is 5.72. The lowest BCUT2D eigenvalue weighted by molar-refractivity contribution is -0.140. The SMILES string of the molecule is CCOC(=O)CS(=O)(=O)N1CCN(C(C)C#N)CC1. The molecule has 108 valence electrons. The normalized spacial score (nSPS) is 19.6. The molecule has 0 radical (unpaired) electrons. The fourth-order valence-electron chi connectivity index (χ4n) is 1.89. The van der Waals surface area contributed by atoms with Crippen LogP contribution in [-0.4, -0.2) is 68.2 Å². The average molecular weight is 289 g/mol. The topological polar surface area (TPSA) is 90.7 Å². The van der Waals surface area contributed by atoms with Gasteiger partial charge in [-0.15, -0.1) is 0 Å². The standard InChI is InChI=1S/C11H19N3O4S/c1-3-18-11(15)9-19(16,17)14-6-4-13(5-7-14)10(2)8-12/h10H,3-7,9H2,1-2H3. The first kappa shape index (κ1) is 15.9. The van der Waals surface area contributed by atoms with E-state index in [2.05, 4.69) is 10.8 Å². The maximum Gasteiger partial charge on any atom is 0.322 e. The summed E-state index contributed by atoms with van der Waals surface area (Å²) < 4.78 is 29.8. The number of carbonyl (C=O) groups excluding carboxylic acids is 1. The van der Waals surface area contributed by atoms with Gasteiger partial charge in [-0.05, 0) is 13.8 Å². The number of esters is 1. The monoisotopic (exact) mass is 289 g/mol. The quantitative estimate of drug-likeness (QED) is 0.628. The third kappa shape index (κ3) is 4.45. The fourth-order valence-corrected chi connectivity index (χ4v) is 3.18. The van der Waals surface area contributed by atoms with Gasteiger partial charge < -0.3 is 4.74 Å². The summed E-state index contributed by atoms with van der Waals surface area (Å²) in [6.45, 7) is 5.17. The zero-order chi connectivity index (χ0) is 14.5. The number of hydrogen-bond acceptors (Lipinski definition) is 6. The predicted molar refractivity (Wildman–Crippen MR) is 68.6 cm³/mol. The van der Waals surface area contributed by atoms with Crippen LogP contribution in [0.25, 0.3) is 0 Å². The Morgan fingerprint density at radius 1 is 1.37 bits per heavy atom. The van der Waals surface area contributed by atoms with Crippen molar-refractivity contribution in [2.45, 2.75) is 19.9 Å². The molecule has 0 N–H and O–H groups in total. The second-order valence-electron chi connectivity index (χ2n) is 4.30. The van der Waals surface area contributed by atoms with Crippen LogP contribution >= 0.6 is 0 Å². The minimum absolute atomic E-state index is 0.168. The number of rotatable bonds is 5. The van der Waals surface area contributed by atoms with Crippen molar-refractivity contribution < 1.29 is 17.9 Å². The molecule has 1 fully saturated rings. The van der Waals surface area contributed by atoms with Gasteiger partial charge in [0.15, 0.2) is 5.75 Å². The smallest absolute Gasteiger partial charge is 0.322 e. The molecule has 0 amide bonds. The van der Waals surface area contributed by atoms with Crippen LogP contribution in [0.5, 0.6) is 0 Å². The highest BCUT2D eigenvalue weighted by molar-refractivity contribution is 7.89. The lowest BCUT2D eigenvalue weighted by atomic mass is 10.2. The van der Waals surface area contributed by atoms with E-state index in [0.29, 0.717) is 26.2 Å². The van der Waals surface area contributed by atoms with E-state index in [1.54, 1.807) is 13.8 Å². The number of ether oxygens (including phenoxy) is 1. The van der Waals surface area contributed by atoms with E-state index in [4.69, 9.17) is 5.26 Å². The second-order valence-corrected chi connectivity index (χ2v) is 6.27. The Balaban J connectivity index is 2.55. The van der Waals surface area contributed by atoms with Crippen molar-refractivity contribution in [2.24, 2.45) is 0 Å². The van der Waals surface area contributed by atoms with Crippen LogP contribution in [0, 0.1) is 11.3 Å². The van der Waals surface area contributed by atoms with Crippen LogP contribution in [0.4, 0.5) is 0 Å². The molecule has 0 spiro atoms. The lowest BCUT2D eigenvalue weighted by Gasteiger charge is -2.34. The third-order valence-electron chi connectivity index (χ3n) is 3.01. The van der Waals surface area contributed by atoms with Crippen molar-refractivity contribution in [3.8, 4) is 6.07 Å². The van der Waals surface area contributed by atoms with Crippen molar-refractivity contribution in [2.75, 3.05) is 38.5 Å². The summed E-state index contributed by atoms with van der Waals surface area (Å²) in [7, 11) is -3.61. The van der Waals surface area contributed by atoms with Gasteiger partial charge in [-0.1, -0.05) is 0 Å². The highest BCUT2D eigenvalue weighted by Crippen LogP contribution is 2.10. The van der Waals surface area contributed by atoms with E-state index in [9.17, 15) is 13.2 Å². The molecule has 1 aliphatic heterocycles. The molecule has 0 aromatic heterocycles. The molecule has 19 heavy (non-hydrogen) atoms. The Morgan fingerprint density at radius 3 is 2.42 bits per heavy atom. The summed E-state index contributed by atoms with van der Waals surface area (Å²) in [5, 5.41) is 8.81. The number of nitriles is 1. The van der Waals surface area contributed by atoms with Gasteiger partial charge in [-0.3, -0.25) is 9.69 Å². The molecular formula is C11H19N3O4S. The summed E-state index contributed by atoms with van der Waals surface area (Å²) >= 11 is 0. The molecule has 0 aromatic rings. The Labute approximate surface area is 113 Å². The summed E-state index contributed by atoms with van der Waals surface area (Å²) in [5.41, 5.74) is 0. The highest BCUT2D eigenvalue weighted by atomic mass is 32.2. The van der Waals surface area contributed by atoms with Crippen LogP contribution in [0.2, 0.25) is 0 Å². The van der Waals surface area contributed by atoms with Crippen molar-refractivity contribution in [3.05, 3.63) is 0 Å². The molecule has 1 unspecified atom stereocenters. The van der Waals surface area contributed by atoms with Gasteiger partial charge in [0, 0.05) is 26.2 Å². The van der Waals surface area contributed by atoms with Crippen LogP contribution in [-0.2, 0) is 19.6 Å². The molecule has 0 aliphatic carbocycles. The van der Waals surface area contributed by atoms with E-state index in [0.717, 1.165) is 0 Å². The number of carbonyl (C=O) groups is 1. The van der Waals surface area contributed by atoms with Crippen molar-refractivity contribution in [1.82, 2.24) is 9.21 Å². The van der Waals surface area contributed by atoms with Crippen LogP contribution in [0.3, 0.4) is 0 Å². The predicted octanol–water partition coefficient (Wildman–Crippen LogP) is -0.591. The molecule has 8 heteroatoms. The molecule has 7 nitrogen and oxygen atoms in total. The molecule has 1 heterocycles. The third-order valence-corrected chi connectivity index (χ3v) is 4.76. The molecule has 0 bridgehead atoms. The molecule has 0 saturated carbocycles. The average Bonchev–Trinajstić information content (AvgIpc) is 2.37.